The van der Waals surface area contributed by atoms with Gasteiger partial charge in [-0.05, 0) is 38.5 Å². The minimum absolute atomic E-state index is 0.571. The number of anilines is 1. The van der Waals surface area contributed by atoms with Crippen LogP contribution in [0.3, 0.4) is 0 Å². The first-order valence-corrected chi connectivity index (χ1v) is 10.7. The summed E-state index contributed by atoms with van der Waals surface area (Å²) < 4.78 is 11.7. The summed E-state index contributed by atoms with van der Waals surface area (Å²) in [6, 6.07) is 11.9. The van der Waals surface area contributed by atoms with E-state index in [2.05, 4.69) is 9.88 Å². The van der Waals surface area contributed by atoms with Crippen LogP contribution in [0.1, 0.15) is 26.1 Å². The van der Waals surface area contributed by atoms with Gasteiger partial charge < -0.3 is 19.2 Å². The van der Waals surface area contributed by atoms with Crippen molar-refractivity contribution in [2.75, 3.05) is 31.2 Å². The van der Waals surface area contributed by atoms with Crippen molar-refractivity contribution >= 4 is 27.8 Å². The lowest BCUT2D eigenvalue weighted by Gasteiger charge is -2.28. The van der Waals surface area contributed by atoms with Crippen LogP contribution in [0.2, 0.25) is 0 Å². The normalized spacial score (nSPS) is 15.1. The SMILES string of the molecule is CC(C)(O)CCc1nc(N2CCOCC2)c2nccc(-c3cc4ccccc4o3)c2n1. The topological polar surface area (TPSA) is 84.5 Å². The second kappa shape index (κ2) is 7.90. The summed E-state index contributed by atoms with van der Waals surface area (Å²) in [5.74, 6) is 2.27. The Labute approximate surface area is 180 Å². The quantitative estimate of drug-likeness (QED) is 0.525. The van der Waals surface area contributed by atoms with E-state index in [0.717, 1.165) is 52.2 Å². The third-order valence-corrected chi connectivity index (χ3v) is 5.57. The lowest BCUT2D eigenvalue weighted by Crippen LogP contribution is -2.37. The zero-order valence-electron chi connectivity index (χ0n) is 17.8. The van der Waals surface area contributed by atoms with Crippen LogP contribution in [0, 0.1) is 0 Å². The lowest BCUT2D eigenvalue weighted by atomic mass is 10.0. The maximum absolute atomic E-state index is 10.2. The summed E-state index contributed by atoms with van der Waals surface area (Å²) in [6.07, 6.45) is 2.93. The summed E-state index contributed by atoms with van der Waals surface area (Å²) in [5.41, 5.74) is 2.47. The van der Waals surface area contributed by atoms with Gasteiger partial charge >= 0.3 is 0 Å². The minimum Gasteiger partial charge on any atom is -0.456 e. The summed E-state index contributed by atoms with van der Waals surface area (Å²) >= 11 is 0. The van der Waals surface area contributed by atoms with Crippen molar-refractivity contribution in [2.45, 2.75) is 32.3 Å². The summed E-state index contributed by atoms with van der Waals surface area (Å²) in [6.45, 7) is 6.44. The first-order chi connectivity index (χ1) is 15.0. The maximum Gasteiger partial charge on any atom is 0.159 e. The Hall–Kier alpha value is -3.03. The fraction of sp³-hybridized carbons (Fsp3) is 0.375. The number of aryl methyl sites for hydroxylation is 1. The Morgan fingerprint density at radius 2 is 1.87 bits per heavy atom. The summed E-state index contributed by atoms with van der Waals surface area (Å²) in [5, 5.41) is 11.3. The molecule has 1 aromatic carbocycles. The molecule has 3 aromatic heterocycles. The van der Waals surface area contributed by atoms with Crippen molar-refractivity contribution in [1.29, 1.82) is 0 Å². The molecule has 1 fully saturated rings. The monoisotopic (exact) mass is 418 g/mol. The van der Waals surface area contributed by atoms with Gasteiger partial charge in [-0.15, -0.1) is 0 Å². The van der Waals surface area contributed by atoms with Crippen LogP contribution in [-0.4, -0.2) is 52.0 Å². The van der Waals surface area contributed by atoms with Gasteiger partial charge in [0.25, 0.3) is 0 Å². The second-order valence-corrected chi connectivity index (χ2v) is 8.58. The summed E-state index contributed by atoms with van der Waals surface area (Å²) in [4.78, 5) is 16.6. The molecule has 4 aromatic rings. The molecule has 0 atom stereocenters. The molecule has 4 heterocycles. The van der Waals surface area contributed by atoms with E-state index in [-0.39, 0.29) is 0 Å². The Morgan fingerprint density at radius 1 is 1.06 bits per heavy atom. The number of fused-ring (bicyclic) bond motifs is 2. The van der Waals surface area contributed by atoms with Crippen LogP contribution in [0.25, 0.3) is 33.3 Å². The summed E-state index contributed by atoms with van der Waals surface area (Å²) in [7, 11) is 0. The molecule has 160 valence electrons. The molecule has 7 heteroatoms. The lowest BCUT2D eigenvalue weighted by molar-refractivity contribution is 0.0708. The van der Waals surface area contributed by atoms with E-state index >= 15 is 0 Å². The van der Waals surface area contributed by atoms with Crippen LogP contribution < -0.4 is 4.90 Å². The van der Waals surface area contributed by atoms with E-state index in [1.54, 1.807) is 20.0 Å². The highest BCUT2D eigenvalue weighted by molar-refractivity contribution is 5.97. The number of benzene rings is 1. The first kappa shape index (κ1) is 19.9. The Bertz CT molecular complexity index is 1190. The number of furan rings is 1. The smallest absolute Gasteiger partial charge is 0.159 e. The van der Waals surface area contributed by atoms with Crippen LogP contribution in [0.4, 0.5) is 5.82 Å². The molecule has 31 heavy (non-hydrogen) atoms. The number of aromatic nitrogens is 3. The standard InChI is InChI=1S/C24H26N4O3/c1-24(2,29)9-7-20-26-21-17(19-15-16-5-3-4-6-18(16)31-19)8-10-25-22(21)23(27-20)28-11-13-30-14-12-28/h3-6,8,10,15,29H,7,9,11-14H2,1-2H3. The number of ether oxygens (including phenoxy) is 1. The number of morpholine rings is 1. The molecule has 0 radical (unpaired) electrons. The highest BCUT2D eigenvalue weighted by Crippen LogP contribution is 2.34. The zero-order valence-corrected chi connectivity index (χ0v) is 17.8. The van der Waals surface area contributed by atoms with Gasteiger partial charge in [0.1, 0.15) is 28.2 Å². The number of aliphatic hydroxyl groups is 1. The third-order valence-electron chi connectivity index (χ3n) is 5.57. The molecule has 1 aliphatic heterocycles. The largest absolute Gasteiger partial charge is 0.456 e. The molecule has 0 aliphatic carbocycles. The molecule has 5 rings (SSSR count). The second-order valence-electron chi connectivity index (χ2n) is 8.58. The van der Waals surface area contributed by atoms with E-state index in [9.17, 15) is 5.11 Å². The Balaban J connectivity index is 1.67. The van der Waals surface area contributed by atoms with Crippen molar-refractivity contribution in [3.05, 3.63) is 48.4 Å². The van der Waals surface area contributed by atoms with Crippen molar-refractivity contribution in [3.8, 4) is 11.3 Å². The molecule has 1 N–H and O–H groups in total. The number of nitrogens with zero attached hydrogens (tertiary/aromatic N) is 4. The number of hydrogen-bond acceptors (Lipinski definition) is 7. The molecule has 0 amide bonds. The van der Waals surface area contributed by atoms with Gasteiger partial charge in [-0.2, -0.15) is 0 Å². The van der Waals surface area contributed by atoms with Gasteiger partial charge in [0, 0.05) is 36.7 Å². The first-order valence-electron chi connectivity index (χ1n) is 10.7. The Kier molecular flexibility index (Phi) is 5.08. The highest BCUT2D eigenvalue weighted by atomic mass is 16.5. The molecular formula is C24H26N4O3. The molecule has 0 bridgehead atoms. The Morgan fingerprint density at radius 3 is 2.65 bits per heavy atom. The van der Waals surface area contributed by atoms with Gasteiger partial charge in [-0.25, -0.2) is 9.97 Å². The molecule has 0 spiro atoms. The molecule has 0 saturated carbocycles. The van der Waals surface area contributed by atoms with Gasteiger partial charge in [0.05, 0.1) is 18.8 Å². The van der Waals surface area contributed by atoms with Gasteiger partial charge in [0.15, 0.2) is 5.82 Å². The number of para-hydroxylation sites is 1. The molecule has 1 saturated heterocycles. The number of hydrogen-bond donors (Lipinski definition) is 1. The van der Waals surface area contributed by atoms with Gasteiger partial charge in [-0.3, -0.25) is 4.98 Å². The van der Waals surface area contributed by atoms with Crippen LogP contribution >= 0.6 is 0 Å². The molecule has 1 aliphatic rings. The van der Waals surface area contributed by atoms with Crippen molar-refractivity contribution in [2.24, 2.45) is 0 Å². The van der Waals surface area contributed by atoms with Gasteiger partial charge in [0.2, 0.25) is 0 Å². The fourth-order valence-electron chi connectivity index (χ4n) is 3.90. The van der Waals surface area contributed by atoms with E-state index in [4.69, 9.17) is 19.1 Å². The van der Waals surface area contributed by atoms with Crippen molar-refractivity contribution < 1.29 is 14.3 Å². The fourth-order valence-corrected chi connectivity index (χ4v) is 3.90. The van der Waals surface area contributed by atoms with E-state index in [0.29, 0.717) is 31.9 Å². The van der Waals surface area contributed by atoms with E-state index < -0.39 is 5.60 Å². The maximum atomic E-state index is 10.2. The molecule has 0 unspecified atom stereocenters. The van der Waals surface area contributed by atoms with Crippen LogP contribution in [0.5, 0.6) is 0 Å². The predicted octanol–water partition coefficient (Wildman–Crippen LogP) is 3.98. The average Bonchev–Trinajstić information content (AvgIpc) is 3.21. The predicted molar refractivity (Wildman–Crippen MR) is 120 cm³/mol. The molecule has 7 nitrogen and oxygen atoms in total. The van der Waals surface area contributed by atoms with Crippen molar-refractivity contribution in [3.63, 3.8) is 0 Å². The number of pyridine rings is 1. The van der Waals surface area contributed by atoms with E-state index in [1.807, 2.05) is 36.4 Å². The molecular weight excluding hydrogens is 392 g/mol. The third kappa shape index (κ3) is 4.11. The minimum atomic E-state index is -0.784. The zero-order chi connectivity index (χ0) is 21.4. The van der Waals surface area contributed by atoms with Crippen molar-refractivity contribution in [1.82, 2.24) is 15.0 Å². The van der Waals surface area contributed by atoms with Gasteiger partial charge in [-0.1, -0.05) is 18.2 Å². The average molecular weight is 418 g/mol. The van der Waals surface area contributed by atoms with Crippen LogP contribution in [0.15, 0.2) is 47.0 Å². The number of rotatable bonds is 5. The highest BCUT2D eigenvalue weighted by Gasteiger charge is 2.22. The van der Waals surface area contributed by atoms with E-state index in [1.165, 1.54) is 0 Å². The van der Waals surface area contributed by atoms with Crippen LogP contribution in [-0.2, 0) is 11.2 Å².